The number of hydrogen-bond acceptors (Lipinski definition) is 1. The minimum Gasteiger partial charge on any atom is 0 e. The molecule has 0 bridgehead atoms. The molecule has 51 heavy (non-hydrogen) atoms. The molecule has 0 spiro atoms. The molecule has 0 aliphatic rings. The maximum absolute atomic E-state index is 6.49. The van der Waals surface area contributed by atoms with Crippen LogP contribution in [0.1, 0.15) is 47.6 Å². The predicted octanol–water partition coefficient (Wildman–Crippen LogP) is 10.8. The second kappa shape index (κ2) is 15.1. The Kier molecular flexibility index (Phi) is 11.2. The van der Waals surface area contributed by atoms with E-state index in [-0.39, 0.29) is 20.1 Å². The van der Waals surface area contributed by atoms with E-state index >= 15 is 0 Å². The Morgan fingerprint density at radius 2 is 1.29 bits per heavy atom. The summed E-state index contributed by atoms with van der Waals surface area (Å²) in [6, 6.07) is 33.7. The topological polar surface area (TPSA) is 20.9 Å². The average Bonchev–Trinajstić information content (AvgIpc) is 3.44. The number of fused-ring (bicyclic) bond motifs is 3. The van der Waals surface area contributed by atoms with Gasteiger partial charge in [-0.05, 0) is 41.7 Å². The van der Waals surface area contributed by atoms with Crippen LogP contribution in [-0.4, -0.2) is 13.3 Å². The van der Waals surface area contributed by atoms with Crippen molar-refractivity contribution >= 4 is 39.6 Å². The van der Waals surface area contributed by atoms with Gasteiger partial charge in [0.2, 0.25) is 0 Å². The summed E-state index contributed by atoms with van der Waals surface area (Å²) < 4.78 is 11.9. The molecule has 5 heteroatoms. The van der Waals surface area contributed by atoms with E-state index in [4.69, 9.17) is 4.42 Å². The summed E-state index contributed by atoms with van der Waals surface area (Å²) in [5.74, 6) is 7.67. The first-order valence-corrected chi connectivity index (χ1v) is 24.6. The average molecular weight is 910 g/mol. The second-order valence-corrected chi connectivity index (χ2v) is 25.3. The number of benzene rings is 4. The van der Waals surface area contributed by atoms with Crippen LogP contribution in [-0.2, 0) is 20.1 Å². The summed E-state index contributed by atoms with van der Waals surface area (Å²) in [5, 5.41) is 2.21. The molecule has 263 valence electrons. The summed E-state index contributed by atoms with van der Waals surface area (Å²) in [5.41, 5.74) is 14.3. The van der Waals surface area contributed by atoms with Crippen molar-refractivity contribution in [3.8, 4) is 33.6 Å². The van der Waals surface area contributed by atoms with Crippen LogP contribution < -0.4 is 13.5 Å². The van der Waals surface area contributed by atoms with E-state index in [1.807, 2.05) is 27.3 Å². The first-order chi connectivity index (χ1) is 23.7. The molecule has 0 saturated heterocycles. The molecule has 3 aromatic heterocycles. The van der Waals surface area contributed by atoms with Crippen molar-refractivity contribution in [2.75, 3.05) is 0 Å². The van der Waals surface area contributed by atoms with Crippen LogP contribution in [0, 0.1) is 41.8 Å². The molecule has 1 radical (unpaired) electrons. The van der Waals surface area contributed by atoms with Crippen LogP contribution in [0.5, 0.6) is 0 Å². The summed E-state index contributed by atoms with van der Waals surface area (Å²) in [6.45, 7) is 17.2. The summed E-state index contributed by atoms with van der Waals surface area (Å²) in [7, 11) is 8.43. The molecule has 3 heterocycles. The Hall–Kier alpha value is -4.35. The number of furan rings is 1. The molecule has 0 atom stereocenters. The Balaban J connectivity index is 0.000000218. The number of rotatable bonds is 5. The third kappa shape index (κ3) is 7.65. The molecule has 7 rings (SSSR count). The second-order valence-electron chi connectivity index (χ2n) is 14.7. The summed E-state index contributed by atoms with van der Waals surface area (Å²) >= 11 is -1.83. The van der Waals surface area contributed by atoms with Crippen molar-refractivity contribution in [1.29, 1.82) is 0 Å². The Morgan fingerprint density at radius 1 is 0.647 bits per heavy atom. The zero-order valence-electron chi connectivity index (χ0n) is 30.9. The minimum atomic E-state index is -1.83. The number of pyridine rings is 2. The molecular weight excluding hydrogens is 861 g/mol. The van der Waals surface area contributed by atoms with E-state index in [1.165, 1.54) is 26.6 Å². The molecule has 0 unspecified atom stereocenters. The number of aryl methyl sites for hydroxylation is 2. The van der Waals surface area contributed by atoms with Crippen molar-refractivity contribution in [1.82, 2.24) is 0 Å². The van der Waals surface area contributed by atoms with Crippen molar-refractivity contribution in [2.24, 2.45) is 0 Å². The van der Waals surface area contributed by atoms with Crippen LogP contribution >= 0.6 is 0 Å². The smallest absolute Gasteiger partial charge is 0 e. The van der Waals surface area contributed by atoms with Gasteiger partial charge in [-0.3, -0.25) is 0 Å². The fourth-order valence-electron chi connectivity index (χ4n) is 7.01. The maximum atomic E-state index is 6.49. The van der Waals surface area contributed by atoms with E-state index < -0.39 is 13.3 Å². The summed E-state index contributed by atoms with van der Waals surface area (Å²) in [6.07, 6.45) is 4.32. The van der Waals surface area contributed by atoms with Crippen LogP contribution in [0.25, 0.3) is 55.6 Å². The van der Waals surface area contributed by atoms with Gasteiger partial charge in [-0.15, -0.1) is 6.07 Å². The fourth-order valence-corrected chi connectivity index (χ4v) is 10.8. The number of nitrogens with zero attached hydrogens (tertiary/aromatic N) is 2. The molecule has 4 aromatic carbocycles. The van der Waals surface area contributed by atoms with Gasteiger partial charge in [-0.1, -0.05) is 67.4 Å². The van der Waals surface area contributed by atoms with Crippen LogP contribution in [0.15, 0.2) is 114 Å². The van der Waals surface area contributed by atoms with Crippen molar-refractivity contribution in [3.05, 3.63) is 165 Å². The van der Waals surface area contributed by atoms with E-state index in [2.05, 4.69) is 164 Å². The van der Waals surface area contributed by atoms with Gasteiger partial charge in [0.1, 0.15) is 5.58 Å². The van der Waals surface area contributed by atoms with Crippen LogP contribution in [0.4, 0.5) is 0 Å². The van der Waals surface area contributed by atoms with Crippen molar-refractivity contribution < 1.29 is 33.7 Å². The molecule has 7 aromatic rings. The molecule has 3 nitrogen and oxygen atoms in total. The quantitative estimate of drug-likeness (QED) is 0.0958. The summed E-state index contributed by atoms with van der Waals surface area (Å²) in [4.78, 5) is 0. The molecule has 0 saturated carbocycles. The van der Waals surface area contributed by atoms with Crippen molar-refractivity contribution in [3.63, 3.8) is 0 Å². The SMILES string of the molecule is [CH2-]c1ccc2c(oc3cc(-c4ccccc4)ccc32)c1-c1cc(C(C)C)c(C)c[n+]1[CH2-].[CH2-]c1ccccc1-c1cc(C)[c]([Ge]([CH3])([CH3])[CH3])c[n+]1[CH2-].[Ir]. The predicted molar refractivity (Wildman–Crippen MR) is 214 cm³/mol. The van der Waals surface area contributed by atoms with Gasteiger partial charge in [0, 0.05) is 37.9 Å². The van der Waals surface area contributed by atoms with E-state index in [0.717, 1.165) is 61.1 Å². The Morgan fingerprint density at radius 3 is 1.96 bits per heavy atom. The first kappa shape index (κ1) is 37.9. The van der Waals surface area contributed by atoms with Crippen molar-refractivity contribution in [2.45, 2.75) is 50.9 Å². The van der Waals surface area contributed by atoms with Gasteiger partial charge in [0.25, 0.3) is 0 Å². The van der Waals surface area contributed by atoms with Gasteiger partial charge in [0.05, 0.1) is 17.5 Å². The van der Waals surface area contributed by atoms with E-state index in [9.17, 15) is 0 Å². The zero-order chi connectivity index (χ0) is 35.9. The molecular formula is C46H48GeIrN2O-2. The van der Waals surface area contributed by atoms with Crippen LogP contribution in [0.3, 0.4) is 0 Å². The van der Waals surface area contributed by atoms with Gasteiger partial charge in [-0.25, -0.2) is 0 Å². The number of aromatic nitrogens is 2. The molecule has 0 aliphatic heterocycles. The van der Waals surface area contributed by atoms with Gasteiger partial charge >= 0.3 is 119 Å². The minimum absolute atomic E-state index is 0. The van der Waals surface area contributed by atoms with E-state index in [1.54, 1.807) is 0 Å². The van der Waals surface area contributed by atoms with Gasteiger partial charge in [0.15, 0.2) is 0 Å². The Labute approximate surface area is 321 Å². The number of hydrogen-bond donors (Lipinski definition) is 0. The van der Waals surface area contributed by atoms with Gasteiger partial charge in [-0.2, -0.15) is 18.6 Å². The Bertz CT molecular complexity index is 2350. The monoisotopic (exact) mass is 911 g/mol. The normalized spacial score (nSPS) is 11.4. The zero-order valence-corrected chi connectivity index (χ0v) is 35.4. The maximum Gasteiger partial charge on any atom is 0 e. The van der Waals surface area contributed by atoms with Gasteiger partial charge < -0.3 is 8.98 Å². The van der Waals surface area contributed by atoms with Crippen LogP contribution in [0.2, 0.25) is 17.3 Å². The molecule has 0 amide bonds. The largest absolute Gasteiger partial charge is 0 e. The molecule has 0 N–H and O–H groups in total. The fraction of sp³-hybridized carbons (Fsp3) is 0.174. The standard InChI is InChI=1S/C29H26NO.C17H22GeN.Ir/c1-18(2)25-16-26(30(5)17-20(25)4)28-19(3)11-13-24-23-14-12-22(15-27(23)31-29(24)28)21-9-7-6-8-10-21;1-13-9-7-8-10-15(13)17-11-14(2)16(12-19(17)6)18(3,4)5;/h6-18H,3,5H2,1-2,4H3;7-12H,1,6H2,2-5H3;/q2*-1;. The molecule has 0 aliphatic carbocycles. The third-order valence-corrected chi connectivity index (χ3v) is 14.1. The van der Waals surface area contributed by atoms with E-state index in [0.29, 0.717) is 5.92 Å². The molecule has 0 fully saturated rings. The third-order valence-electron chi connectivity index (χ3n) is 9.59. The first-order valence-electron chi connectivity index (χ1n) is 17.3.